The normalized spacial score (nSPS) is 10.5. The molecule has 0 unspecified atom stereocenters. The lowest BCUT2D eigenvalue weighted by Crippen LogP contribution is -1.99. The fraction of sp³-hybridized carbons (Fsp3) is 0.400. The van der Waals surface area contributed by atoms with E-state index in [2.05, 4.69) is 43.7 Å². The van der Waals surface area contributed by atoms with E-state index in [-0.39, 0.29) is 0 Å². The molecule has 0 nitrogen and oxygen atoms in total. The van der Waals surface area contributed by atoms with Crippen LogP contribution in [0.2, 0.25) is 0 Å². The standard InChI is InChI=1S/C10H15S/c1-9-5-4-6-10(7-9)8-11(2)3/h4-7H,8H2,1-3H3/q+1. The highest BCUT2D eigenvalue weighted by molar-refractivity contribution is 7.94. The minimum absolute atomic E-state index is 0.525. The number of benzene rings is 1. The Balaban J connectivity index is 2.71. The van der Waals surface area contributed by atoms with E-state index in [4.69, 9.17) is 0 Å². The molecule has 0 atom stereocenters. The van der Waals surface area contributed by atoms with Gasteiger partial charge in [-0.1, -0.05) is 29.8 Å². The molecule has 0 bridgehead atoms. The zero-order valence-corrected chi connectivity index (χ0v) is 8.24. The van der Waals surface area contributed by atoms with Crippen molar-refractivity contribution in [3.05, 3.63) is 35.4 Å². The monoisotopic (exact) mass is 167 g/mol. The first-order chi connectivity index (χ1) is 5.18. The molecule has 0 spiro atoms. The van der Waals surface area contributed by atoms with Gasteiger partial charge in [0.15, 0.2) is 0 Å². The van der Waals surface area contributed by atoms with Crippen molar-refractivity contribution in [3.63, 3.8) is 0 Å². The molecule has 0 heterocycles. The smallest absolute Gasteiger partial charge is 0.0616 e. The Bertz CT molecular complexity index is 228. The van der Waals surface area contributed by atoms with Crippen molar-refractivity contribution < 1.29 is 0 Å². The summed E-state index contributed by atoms with van der Waals surface area (Å²) in [5, 5.41) is 0. The molecule has 11 heavy (non-hydrogen) atoms. The Morgan fingerprint density at radius 1 is 1.27 bits per heavy atom. The minimum atomic E-state index is 0.525. The zero-order valence-electron chi connectivity index (χ0n) is 7.42. The van der Waals surface area contributed by atoms with Crippen LogP contribution in [0.3, 0.4) is 0 Å². The van der Waals surface area contributed by atoms with Gasteiger partial charge >= 0.3 is 0 Å². The number of aryl methyl sites for hydroxylation is 1. The summed E-state index contributed by atoms with van der Waals surface area (Å²) >= 11 is 0. The molecule has 60 valence electrons. The van der Waals surface area contributed by atoms with E-state index in [9.17, 15) is 0 Å². The van der Waals surface area contributed by atoms with E-state index in [1.54, 1.807) is 0 Å². The van der Waals surface area contributed by atoms with Crippen LogP contribution in [0.5, 0.6) is 0 Å². The highest BCUT2D eigenvalue weighted by atomic mass is 32.2. The Hall–Kier alpha value is -0.430. The number of rotatable bonds is 2. The Kier molecular flexibility index (Phi) is 3.01. The third kappa shape index (κ3) is 2.98. The lowest BCUT2D eigenvalue weighted by atomic mass is 10.2. The first-order valence-corrected chi connectivity index (χ1v) is 5.99. The second-order valence-electron chi connectivity index (χ2n) is 3.12. The third-order valence-corrected chi connectivity index (χ3v) is 2.45. The molecular formula is C10H15S+. The van der Waals surface area contributed by atoms with Gasteiger partial charge in [-0.3, -0.25) is 0 Å². The van der Waals surface area contributed by atoms with Gasteiger partial charge in [0.2, 0.25) is 0 Å². The van der Waals surface area contributed by atoms with Crippen LogP contribution in [-0.4, -0.2) is 12.5 Å². The Morgan fingerprint density at radius 3 is 2.55 bits per heavy atom. The summed E-state index contributed by atoms with van der Waals surface area (Å²) < 4.78 is 0. The van der Waals surface area contributed by atoms with Crippen molar-refractivity contribution in [1.29, 1.82) is 0 Å². The number of hydrogen-bond donors (Lipinski definition) is 0. The fourth-order valence-electron chi connectivity index (χ4n) is 1.14. The predicted octanol–water partition coefficient (Wildman–Crippen LogP) is 2.37. The van der Waals surface area contributed by atoms with Crippen LogP contribution in [-0.2, 0) is 16.6 Å². The molecule has 1 heteroatoms. The summed E-state index contributed by atoms with van der Waals surface area (Å²) in [4.78, 5) is 0. The van der Waals surface area contributed by atoms with E-state index in [1.807, 2.05) is 0 Å². The van der Waals surface area contributed by atoms with E-state index in [0.29, 0.717) is 10.9 Å². The lowest BCUT2D eigenvalue weighted by Gasteiger charge is -1.98. The molecule has 1 rings (SSSR count). The van der Waals surface area contributed by atoms with Crippen LogP contribution in [0.15, 0.2) is 24.3 Å². The van der Waals surface area contributed by atoms with Crippen LogP contribution in [0.1, 0.15) is 11.1 Å². The van der Waals surface area contributed by atoms with Gasteiger partial charge in [0.05, 0.1) is 12.5 Å². The van der Waals surface area contributed by atoms with E-state index >= 15 is 0 Å². The molecule has 0 aliphatic carbocycles. The summed E-state index contributed by atoms with van der Waals surface area (Å²) in [6.45, 7) is 2.15. The molecule has 1 aromatic rings. The molecule has 0 aromatic heterocycles. The number of hydrogen-bond acceptors (Lipinski definition) is 0. The highest BCUT2D eigenvalue weighted by Gasteiger charge is 2.03. The van der Waals surface area contributed by atoms with Gasteiger partial charge in [-0.2, -0.15) is 0 Å². The molecule has 0 amide bonds. The third-order valence-electron chi connectivity index (χ3n) is 1.54. The predicted molar refractivity (Wildman–Crippen MR) is 54.1 cm³/mol. The van der Waals surface area contributed by atoms with Crippen LogP contribution in [0.4, 0.5) is 0 Å². The van der Waals surface area contributed by atoms with Crippen molar-refractivity contribution in [1.82, 2.24) is 0 Å². The first kappa shape index (κ1) is 8.66. The maximum Gasteiger partial charge on any atom is 0.132 e. The maximum absolute atomic E-state index is 2.28. The van der Waals surface area contributed by atoms with Crippen LogP contribution in [0, 0.1) is 6.92 Å². The molecule has 0 N–H and O–H groups in total. The maximum atomic E-state index is 2.28. The van der Waals surface area contributed by atoms with Crippen molar-refractivity contribution in [2.45, 2.75) is 12.7 Å². The average molecular weight is 167 g/mol. The summed E-state index contributed by atoms with van der Waals surface area (Å²) in [6.07, 6.45) is 4.56. The minimum Gasteiger partial charge on any atom is -0.0616 e. The van der Waals surface area contributed by atoms with Crippen molar-refractivity contribution in [3.8, 4) is 0 Å². The second kappa shape index (κ2) is 3.82. The fourth-order valence-corrected chi connectivity index (χ4v) is 1.98. The summed E-state index contributed by atoms with van der Waals surface area (Å²) in [6, 6.07) is 8.76. The molecule has 0 aliphatic heterocycles. The van der Waals surface area contributed by atoms with Crippen LogP contribution in [0.25, 0.3) is 0 Å². The highest BCUT2D eigenvalue weighted by Crippen LogP contribution is 2.07. The average Bonchev–Trinajstić information content (AvgIpc) is 1.85. The topological polar surface area (TPSA) is 0 Å². The largest absolute Gasteiger partial charge is 0.132 e. The second-order valence-corrected chi connectivity index (χ2v) is 5.38. The summed E-state index contributed by atoms with van der Waals surface area (Å²) in [5.41, 5.74) is 2.84. The molecular weight excluding hydrogens is 152 g/mol. The van der Waals surface area contributed by atoms with E-state index in [0.717, 1.165) is 0 Å². The van der Waals surface area contributed by atoms with Gasteiger partial charge in [-0.25, -0.2) is 0 Å². The Labute approximate surface area is 72.0 Å². The Morgan fingerprint density at radius 2 is 2.00 bits per heavy atom. The molecule has 0 saturated heterocycles. The molecule has 0 saturated carbocycles. The molecule has 0 aliphatic rings. The van der Waals surface area contributed by atoms with Gasteiger partial charge in [0.25, 0.3) is 0 Å². The van der Waals surface area contributed by atoms with E-state index in [1.165, 1.54) is 16.9 Å². The van der Waals surface area contributed by atoms with Gasteiger partial charge in [-0.05, 0) is 17.8 Å². The molecule has 1 aromatic carbocycles. The molecule has 0 radical (unpaired) electrons. The SMILES string of the molecule is Cc1cccc(C[S+](C)C)c1. The van der Waals surface area contributed by atoms with Crippen LogP contribution < -0.4 is 0 Å². The van der Waals surface area contributed by atoms with Gasteiger partial charge in [-0.15, -0.1) is 0 Å². The first-order valence-electron chi connectivity index (χ1n) is 3.78. The van der Waals surface area contributed by atoms with Crippen molar-refractivity contribution in [2.75, 3.05) is 12.5 Å². The molecule has 0 fully saturated rings. The van der Waals surface area contributed by atoms with E-state index < -0.39 is 0 Å². The zero-order chi connectivity index (χ0) is 8.27. The van der Waals surface area contributed by atoms with Crippen molar-refractivity contribution in [2.24, 2.45) is 0 Å². The van der Waals surface area contributed by atoms with Crippen LogP contribution >= 0.6 is 0 Å². The summed E-state index contributed by atoms with van der Waals surface area (Å²) in [5.74, 6) is 1.22. The van der Waals surface area contributed by atoms with Gasteiger partial charge < -0.3 is 0 Å². The van der Waals surface area contributed by atoms with Crippen molar-refractivity contribution >= 4 is 10.9 Å². The van der Waals surface area contributed by atoms with Gasteiger partial charge in [0.1, 0.15) is 5.75 Å². The quantitative estimate of drug-likeness (QED) is 0.593. The lowest BCUT2D eigenvalue weighted by molar-refractivity contribution is 1.35. The summed E-state index contributed by atoms with van der Waals surface area (Å²) in [7, 11) is 0.525. The van der Waals surface area contributed by atoms with Gasteiger partial charge in [0, 0.05) is 5.56 Å².